The van der Waals surface area contributed by atoms with Gasteiger partial charge in [0.15, 0.2) is 11.9 Å². The Morgan fingerprint density at radius 3 is 2.64 bits per heavy atom. The molecule has 4 aromatic rings. The molecule has 186 valence electrons. The molecule has 1 aromatic heterocycles. The van der Waals surface area contributed by atoms with Gasteiger partial charge in [-0.15, -0.1) is 0 Å². The number of rotatable bonds is 4. The zero-order valence-corrected chi connectivity index (χ0v) is 21.0. The number of halogens is 3. The van der Waals surface area contributed by atoms with Gasteiger partial charge in [-0.2, -0.15) is 0 Å². The molecule has 0 aliphatic carbocycles. The van der Waals surface area contributed by atoms with Crippen LogP contribution in [0, 0.1) is 18.6 Å². The van der Waals surface area contributed by atoms with Gasteiger partial charge in [-0.05, 0) is 80.1 Å². The van der Waals surface area contributed by atoms with Gasteiger partial charge >= 0.3 is 5.97 Å². The molecule has 0 radical (unpaired) electrons. The number of aromatic nitrogens is 1. The third kappa shape index (κ3) is 3.96. The Morgan fingerprint density at radius 2 is 1.94 bits per heavy atom. The summed E-state index contributed by atoms with van der Waals surface area (Å²) in [5, 5.41) is 10.7. The van der Waals surface area contributed by atoms with Crippen LogP contribution in [0.25, 0.3) is 32.8 Å². The van der Waals surface area contributed by atoms with Gasteiger partial charge in [0.25, 0.3) is 0 Å². The lowest BCUT2D eigenvalue weighted by atomic mass is 9.85. The first-order chi connectivity index (χ1) is 17.0. The minimum atomic E-state index is -1.41. The molecule has 3 aromatic carbocycles. The smallest absolute Gasteiger partial charge is 0.337 e. The third-order valence-electron chi connectivity index (χ3n) is 6.32. The van der Waals surface area contributed by atoms with E-state index in [9.17, 15) is 14.3 Å². The molecule has 0 unspecified atom stereocenters. The molecule has 1 aliphatic rings. The number of carboxylic acids is 1. The van der Waals surface area contributed by atoms with Crippen molar-refractivity contribution in [2.24, 2.45) is 0 Å². The van der Waals surface area contributed by atoms with Crippen molar-refractivity contribution in [3.8, 4) is 16.9 Å². The number of carboxylic acid groups (broad SMARTS) is 1. The van der Waals surface area contributed by atoms with Crippen LogP contribution in [0.15, 0.2) is 36.5 Å². The van der Waals surface area contributed by atoms with Gasteiger partial charge in [-0.25, -0.2) is 13.6 Å². The number of ether oxygens (including phenoxy) is 2. The first-order valence-electron chi connectivity index (χ1n) is 11.5. The van der Waals surface area contributed by atoms with E-state index in [2.05, 4.69) is 4.98 Å². The molecule has 36 heavy (non-hydrogen) atoms. The maximum Gasteiger partial charge on any atom is 0.337 e. The van der Waals surface area contributed by atoms with Crippen molar-refractivity contribution < 1.29 is 28.2 Å². The van der Waals surface area contributed by atoms with Crippen LogP contribution in [-0.4, -0.2) is 28.3 Å². The Kier molecular flexibility index (Phi) is 5.88. The molecular formula is C28H24ClF2NO4. The first kappa shape index (κ1) is 24.4. The Labute approximate surface area is 211 Å². The summed E-state index contributed by atoms with van der Waals surface area (Å²) in [4.78, 5) is 17.1. The first-order valence-corrected chi connectivity index (χ1v) is 11.9. The predicted molar refractivity (Wildman–Crippen MR) is 135 cm³/mol. The molecular weight excluding hydrogens is 488 g/mol. The normalized spacial score (nSPS) is 14.2. The summed E-state index contributed by atoms with van der Waals surface area (Å²) in [6, 6.07) is 8.07. The minimum Gasteiger partial charge on any atom is -0.493 e. The number of nitrogens with zero attached hydrogens (tertiary/aromatic N) is 1. The van der Waals surface area contributed by atoms with Crippen LogP contribution in [0.1, 0.15) is 43.6 Å². The summed E-state index contributed by atoms with van der Waals surface area (Å²) >= 11 is 5.91. The van der Waals surface area contributed by atoms with E-state index in [4.69, 9.17) is 21.1 Å². The highest BCUT2D eigenvalue weighted by atomic mass is 35.5. The van der Waals surface area contributed by atoms with Gasteiger partial charge < -0.3 is 14.6 Å². The molecule has 0 spiro atoms. The van der Waals surface area contributed by atoms with Gasteiger partial charge in [-0.1, -0.05) is 11.6 Å². The maximum atomic E-state index is 15.2. The highest BCUT2D eigenvalue weighted by Gasteiger charge is 2.33. The fourth-order valence-electron chi connectivity index (χ4n) is 4.91. The largest absolute Gasteiger partial charge is 0.493 e. The Balaban J connectivity index is 1.97. The third-order valence-corrected chi connectivity index (χ3v) is 6.67. The summed E-state index contributed by atoms with van der Waals surface area (Å²) in [6.07, 6.45) is 0.945. The van der Waals surface area contributed by atoms with Crippen LogP contribution in [-0.2, 0) is 16.0 Å². The lowest BCUT2D eigenvalue weighted by Gasteiger charge is -2.29. The number of carbonyl (C=O) groups is 1. The molecule has 8 heteroatoms. The van der Waals surface area contributed by atoms with Crippen LogP contribution in [0.5, 0.6) is 5.75 Å². The highest BCUT2D eigenvalue weighted by Crippen LogP contribution is 2.46. The SMILES string of the molecule is Cc1cc2c(F)c(Cl)c(F)cc2c(-c2ccc3c4c(ccnc24)CCO3)c1[C@H](OC(C)(C)C)C(=O)O. The average Bonchev–Trinajstić information content (AvgIpc) is 2.81. The van der Waals surface area contributed by atoms with Crippen molar-refractivity contribution in [2.45, 2.75) is 45.8 Å². The number of aliphatic carboxylic acids is 1. The monoisotopic (exact) mass is 511 g/mol. The lowest BCUT2D eigenvalue weighted by Crippen LogP contribution is -2.28. The molecule has 2 heterocycles. The number of aryl methyl sites for hydroxylation is 1. The van der Waals surface area contributed by atoms with E-state index in [1.807, 2.05) is 6.07 Å². The molecule has 1 atom stereocenters. The van der Waals surface area contributed by atoms with Crippen LogP contribution < -0.4 is 4.74 Å². The Hall–Kier alpha value is -3.29. The van der Waals surface area contributed by atoms with Crippen LogP contribution >= 0.6 is 11.6 Å². The zero-order valence-electron chi connectivity index (χ0n) is 20.2. The minimum absolute atomic E-state index is 0.0780. The Bertz CT molecular complexity index is 1550. The second kappa shape index (κ2) is 8.68. The molecule has 5 rings (SSSR count). The molecule has 0 amide bonds. The van der Waals surface area contributed by atoms with Crippen molar-refractivity contribution in [2.75, 3.05) is 6.61 Å². The number of hydrogen-bond acceptors (Lipinski definition) is 4. The molecule has 0 saturated heterocycles. The van der Waals surface area contributed by atoms with Crippen molar-refractivity contribution in [3.05, 3.63) is 69.9 Å². The fraction of sp³-hybridized carbons (Fsp3) is 0.286. The van der Waals surface area contributed by atoms with Crippen molar-refractivity contribution in [3.63, 3.8) is 0 Å². The van der Waals surface area contributed by atoms with Crippen LogP contribution in [0.2, 0.25) is 5.02 Å². The van der Waals surface area contributed by atoms with E-state index in [0.717, 1.165) is 17.0 Å². The Morgan fingerprint density at radius 1 is 1.19 bits per heavy atom. The number of hydrogen-bond donors (Lipinski definition) is 1. The lowest BCUT2D eigenvalue weighted by molar-refractivity contribution is -0.160. The zero-order chi connectivity index (χ0) is 25.9. The number of fused-ring (bicyclic) bond motifs is 1. The van der Waals surface area contributed by atoms with E-state index in [0.29, 0.717) is 46.5 Å². The summed E-state index contributed by atoms with van der Waals surface area (Å²) in [6.45, 7) is 7.45. The molecule has 0 fully saturated rings. The summed E-state index contributed by atoms with van der Waals surface area (Å²) in [5.41, 5.74) is 2.38. The maximum absolute atomic E-state index is 15.2. The molecule has 1 N–H and O–H groups in total. The predicted octanol–water partition coefficient (Wildman–Crippen LogP) is 7.17. The number of benzene rings is 3. The van der Waals surface area contributed by atoms with Gasteiger partial charge in [-0.3, -0.25) is 4.98 Å². The quantitative estimate of drug-likeness (QED) is 0.294. The molecule has 0 bridgehead atoms. The van der Waals surface area contributed by atoms with Crippen molar-refractivity contribution in [1.82, 2.24) is 4.98 Å². The van der Waals surface area contributed by atoms with Gasteiger partial charge in [0.1, 0.15) is 16.6 Å². The summed E-state index contributed by atoms with van der Waals surface area (Å²) < 4.78 is 41.9. The van der Waals surface area contributed by atoms with Gasteiger partial charge in [0.05, 0.1) is 17.7 Å². The van der Waals surface area contributed by atoms with E-state index in [1.165, 1.54) is 6.07 Å². The average molecular weight is 512 g/mol. The van der Waals surface area contributed by atoms with E-state index in [1.54, 1.807) is 46.0 Å². The molecule has 5 nitrogen and oxygen atoms in total. The van der Waals surface area contributed by atoms with E-state index < -0.39 is 34.3 Å². The molecule has 0 saturated carbocycles. The number of pyridine rings is 1. The van der Waals surface area contributed by atoms with Gasteiger partial charge in [0.2, 0.25) is 0 Å². The van der Waals surface area contributed by atoms with Crippen LogP contribution in [0.4, 0.5) is 8.78 Å². The van der Waals surface area contributed by atoms with Gasteiger partial charge in [0, 0.05) is 34.5 Å². The standard InChI is InChI=1S/C28H24ClF2NO4/c1-13-11-17-16(12-18(30)23(29)24(17)31)22(20(13)26(27(33)34)36-28(2,3)4)15-5-6-19-21-14(8-10-35-19)7-9-32-25(15)21/h5-7,9,11-12,26H,8,10H2,1-4H3,(H,33,34)/t26-/m0/s1. The summed E-state index contributed by atoms with van der Waals surface area (Å²) in [7, 11) is 0. The highest BCUT2D eigenvalue weighted by molar-refractivity contribution is 6.32. The second-order valence-electron chi connectivity index (χ2n) is 9.92. The van der Waals surface area contributed by atoms with Crippen molar-refractivity contribution in [1.29, 1.82) is 0 Å². The second-order valence-corrected chi connectivity index (χ2v) is 10.3. The molecule has 1 aliphatic heterocycles. The van der Waals surface area contributed by atoms with Crippen molar-refractivity contribution >= 4 is 39.2 Å². The summed E-state index contributed by atoms with van der Waals surface area (Å²) in [5.74, 6) is -2.42. The van der Waals surface area contributed by atoms with E-state index >= 15 is 4.39 Å². The topological polar surface area (TPSA) is 68.7 Å². The fourth-order valence-corrected chi connectivity index (χ4v) is 5.07. The van der Waals surface area contributed by atoms with Crippen LogP contribution in [0.3, 0.4) is 0 Å². The van der Waals surface area contributed by atoms with E-state index in [-0.39, 0.29) is 10.8 Å².